The van der Waals surface area contributed by atoms with Crippen LogP contribution in [0, 0.1) is 0 Å². The molecular formula is C11H13BrCl2O. The lowest BCUT2D eigenvalue weighted by Crippen LogP contribution is -2.01. The zero-order chi connectivity index (χ0) is 11.3. The largest absolute Gasteiger partial charge is 0.494 e. The first-order valence-electron chi connectivity index (χ1n) is 4.84. The van der Waals surface area contributed by atoms with Crippen LogP contribution >= 0.6 is 39.1 Å². The summed E-state index contributed by atoms with van der Waals surface area (Å²) in [7, 11) is 0. The molecule has 0 bridgehead atoms. The van der Waals surface area contributed by atoms with Crippen LogP contribution in [0.5, 0.6) is 5.75 Å². The zero-order valence-corrected chi connectivity index (χ0v) is 11.6. The zero-order valence-electron chi connectivity index (χ0n) is 8.47. The Bertz CT molecular complexity index is 310. The van der Waals surface area contributed by atoms with Crippen molar-refractivity contribution in [2.75, 3.05) is 6.61 Å². The lowest BCUT2D eigenvalue weighted by atomic mass is 10.2. The quantitative estimate of drug-likeness (QED) is 0.558. The van der Waals surface area contributed by atoms with E-state index in [2.05, 4.69) is 22.9 Å². The second-order valence-electron chi connectivity index (χ2n) is 3.23. The lowest BCUT2D eigenvalue weighted by molar-refractivity contribution is 0.309. The second-order valence-corrected chi connectivity index (χ2v) is 6.66. The monoisotopic (exact) mass is 310 g/mol. The van der Waals surface area contributed by atoms with Gasteiger partial charge >= 0.3 is 0 Å². The Morgan fingerprint density at radius 3 is 2.73 bits per heavy atom. The summed E-state index contributed by atoms with van der Waals surface area (Å²) in [5.41, 5.74) is 0.778. The van der Waals surface area contributed by atoms with Crippen LogP contribution in [0.4, 0.5) is 0 Å². The first-order valence-corrected chi connectivity index (χ1v) is 6.39. The average molecular weight is 312 g/mol. The van der Waals surface area contributed by atoms with Gasteiger partial charge in [-0.2, -0.15) is 0 Å². The number of alkyl halides is 3. The van der Waals surface area contributed by atoms with Crippen molar-refractivity contribution < 1.29 is 4.74 Å². The average Bonchev–Trinajstić information content (AvgIpc) is 2.17. The fourth-order valence-electron chi connectivity index (χ4n) is 1.10. The molecule has 15 heavy (non-hydrogen) atoms. The molecule has 0 N–H and O–H groups in total. The van der Waals surface area contributed by atoms with Crippen molar-refractivity contribution in [3.05, 3.63) is 29.8 Å². The minimum absolute atomic E-state index is 0.722. The molecular weight excluding hydrogens is 299 g/mol. The highest BCUT2D eigenvalue weighted by Gasteiger charge is 2.22. The van der Waals surface area contributed by atoms with Crippen molar-refractivity contribution in [2.45, 2.75) is 23.0 Å². The molecule has 1 rings (SSSR count). The van der Waals surface area contributed by atoms with E-state index in [1.54, 1.807) is 0 Å². The molecule has 0 atom stereocenters. The van der Waals surface area contributed by atoms with E-state index in [0.717, 1.165) is 30.8 Å². The van der Waals surface area contributed by atoms with Crippen LogP contribution < -0.4 is 4.74 Å². The van der Waals surface area contributed by atoms with E-state index in [0.29, 0.717) is 0 Å². The van der Waals surface area contributed by atoms with E-state index >= 15 is 0 Å². The first-order chi connectivity index (χ1) is 7.04. The summed E-state index contributed by atoms with van der Waals surface area (Å²) in [6, 6.07) is 7.45. The van der Waals surface area contributed by atoms with Gasteiger partial charge in [-0.15, -0.1) is 0 Å². The van der Waals surface area contributed by atoms with Crippen LogP contribution in [0.3, 0.4) is 0 Å². The van der Waals surface area contributed by atoms with Crippen molar-refractivity contribution in [1.29, 1.82) is 0 Å². The highest BCUT2D eigenvalue weighted by molar-refractivity contribution is 9.10. The number of benzene rings is 1. The Hall–Kier alpha value is 0.0800. The highest BCUT2D eigenvalue weighted by Crippen LogP contribution is 2.41. The van der Waals surface area contributed by atoms with E-state index in [4.69, 9.17) is 27.9 Å². The predicted molar refractivity (Wildman–Crippen MR) is 69.2 cm³/mol. The number of rotatable bonds is 5. The number of halogens is 3. The number of hydrogen-bond donors (Lipinski definition) is 0. The van der Waals surface area contributed by atoms with Gasteiger partial charge in [-0.05, 0) is 34.5 Å². The molecule has 84 valence electrons. The second kappa shape index (κ2) is 5.97. The van der Waals surface area contributed by atoms with Gasteiger partial charge in [0.05, 0.1) is 6.61 Å². The summed E-state index contributed by atoms with van der Waals surface area (Å²) >= 11 is 15.0. The maximum atomic E-state index is 5.92. The van der Waals surface area contributed by atoms with E-state index in [9.17, 15) is 0 Å². The third-order valence-electron chi connectivity index (χ3n) is 1.93. The van der Waals surface area contributed by atoms with Crippen LogP contribution in [-0.2, 0) is 3.24 Å². The summed E-state index contributed by atoms with van der Waals surface area (Å²) in [6.45, 7) is 2.85. The molecule has 1 nitrogen and oxygen atoms in total. The lowest BCUT2D eigenvalue weighted by Gasteiger charge is -2.13. The van der Waals surface area contributed by atoms with Gasteiger partial charge < -0.3 is 4.74 Å². The minimum atomic E-state index is -1.04. The molecule has 0 saturated carbocycles. The highest BCUT2D eigenvalue weighted by atomic mass is 79.9. The van der Waals surface area contributed by atoms with Crippen LogP contribution in [0.25, 0.3) is 0 Å². The van der Waals surface area contributed by atoms with Crippen molar-refractivity contribution in [3.63, 3.8) is 0 Å². The van der Waals surface area contributed by atoms with Gasteiger partial charge in [-0.25, -0.2) is 0 Å². The standard InChI is InChI=1S/C11H13BrCl2O/c1-2-3-7-15-10-6-4-5-9(8-10)11(12,13)14/h4-6,8H,2-3,7H2,1H3. The van der Waals surface area contributed by atoms with Gasteiger partial charge in [0.1, 0.15) is 5.75 Å². The molecule has 4 heteroatoms. The minimum Gasteiger partial charge on any atom is -0.494 e. The molecule has 0 amide bonds. The molecule has 0 aliphatic carbocycles. The van der Waals surface area contributed by atoms with E-state index in [1.807, 2.05) is 24.3 Å². The normalized spacial score (nSPS) is 11.5. The number of hydrogen-bond acceptors (Lipinski definition) is 1. The molecule has 1 aromatic carbocycles. The van der Waals surface area contributed by atoms with Gasteiger partial charge in [-0.3, -0.25) is 0 Å². The Morgan fingerprint density at radius 1 is 1.40 bits per heavy atom. The van der Waals surface area contributed by atoms with Gasteiger partial charge in [0, 0.05) is 5.56 Å². The summed E-state index contributed by atoms with van der Waals surface area (Å²) in [4.78, 5) is 0. The predicted octanol–water partition coefficient (Wildman–Crippen LogP) is 4.85. The van der Waals surface area contributed by atoms with Crippen LogP contribution in [-0.4, -0.2) is 6.61 Å². The fourth-order valence-corrected chi connectivity index (χ4v) is 1.58. The molecule has 1 aromatic rings. The molecule has 0 unspecified atom stereocenters. The van der Waals surface area contributed by atoms with Crippen molar-refractivity contribution in [1.82, 2.24) is 0 Å². The molecule has 0 spiro atoms. The van der Waals surface area contributed by atoms with Crippen molar-refractivity contribution in [2.24, 2.45) is 0 Å². The molecule has 0 aliphatic heterocycles. The van der Waals surface area contributed by atoms with Gasteiger partial charge in [-0.1, -0.05) is 48.7 Å². The Morgan fingerprint density at radius 2 is 2.13 bits per heavy atom. The molecule has 0 aliphatic rings. The topological polar surface area (TPSA) is 9.23 Å². The summed E-state index contributed by atoms with van der Waals surface area (Å²) in [5, 5.41) is 0. The van der Waals surface area contributed by atoms with E-state index in [1.165, 1.54) is 0 Å². The summed E-state index contributed by atoms with van der Waals surface area (Å²) in [6.07, 6.45) is 2.17. The first kappa shape index (κ1) is 13.1. The summed E-state index contributed by atoms with van der Waals surface area (Å²) < 4.78 is 4.50. The van der Waals surface area contributed by atoms with Crippen LogP contribution in [0.2, 0.25) is 0 Å². The Kier molecular flexibility index (Phi) is 5.24. The molecule has 0 aromatic heterocycles. The number of ether oxygens (including phenoxy) is 1. The third kappa shape index (κ3) is 4.62. The van der Waals surface area contributed by atoms with Gasteiger partial charge in [0.15, 0.2) is 3.24 Å². The molecule has 0 radical (unpaired) electrons. The van der Waals surface area contributed by atoms with E-state index < -0.39 is 3.24 Å². The van der Waals surface area contributed by atoms with Crippen molar-refractivity contribution >= 4 is 39.1 Å². The smallest absolute Gasteiger partial charge is 0.197 e. The molecule has 0 heterocycles. The number of unbranched alkanes of at least 4 members (excludes halogenated alkanes) is 1. The third-order valence-corrected chi connectivity index (χ3v) is 2.82. The van der Waals surface area contributed by atoms with Gasteiger partial charge in [0.25, 0.3) is 0 Å². The van der Waals surface area contributed by atoms with Crippen molar-refractivity contribution in [3.8, 4) is 5.75 Å². The Balaban J connectivity index is 2.66. The Labute approximate surface area is 109 Å². The molecule has 0 fully saturated rings. The van der Waals surface area contributed by atoms with Crippen LogP contribution in [0.15, 0.2) is 24.3 Å². The van der Waals surface area contributed by atoms with Crippen LogP contribution in [0.1, 0.15) is 25.3 Å². The maximum absolute atomic E-state index is 5.92. The molecule has 0 saturated heterocycles. The fraction of sp³-hybridized carbons (Fsp3) is 0.455. The maximum Gasteiger partial charge on any atom is 0.197 e. The summed E-state index contributed by atoms with van der Waals surface area (Å²) in [5.74, 6) is 0.797. The van der Waals surface area contributed by atoms with Gasteiger partial charge in [0.2, 0.25) is 0 Å². The van der Waals surface area contributed by atoms with E-state index in [-0.39, 0.29) is 0 Å². The SMILES string of the molecule is CCCCOc1cccc(C(Cl)(Cl)Br)c1.